The number of nitrogens with zero attached hydrogens (tertiary/aromatic N) is 1. The van der Waals surface area contributed by atoms with Crippen LogP contribution < -0.4 is 5.73 Å². The van der Waals surface area contributed by atoms with Gasteiger partial charge in [-0.3, -0.25) is 4.90 Å². The Morgan fingerprint density at radius 3 is 2.00 bits per heavy atom. The van der Waals surface area contributed by atoms with E-state index in [1.165, 1.54) is 0 Å². The molecule has 0 spiro atoms. The third-order valence-electron chi connectivity index (χ3n) is 4.96. The minimum absolute atomic E-state index is 0.300. The van der Waals surface area contributed by atoms with Crippen LogP contribution >= 0.6 is 0 Å². The first kappa shape index (κ1) is 3.35. The van der Waals surface area contributed by atoms with Crippen LogP contribution in [0.5, 0.6) is 0 Å². The molecular formula is C7H8N2. The summed E-state index contributed by atoms with van der Waals surface area (Å²) in [4.78, 5) is 2.56. The molecule has 6 aliphatic rings. The van der Waals surface area contributed by atoms with E-state index >= 15 is 0 Å². The number of hydrogen-bond acceptors (Lipinski definition) is 2. The highest BCUT2D eigenvalue weighted by Crippen LogP contribution is 2.93. The van der Waals surface area contributed by atoms with Crippen LogP contribution in [0.2, 0.25) is 0 Å². The van der Waals surface area contributed by atoms with E-state index in [1.54, 1.807) is 0 Å². The van der Waals surface area contributed by atoms with Gasteiger partial charge < -0.3 is 5.73 Å². The van der Waals surface area contributed by atoms with Gasteiger partial charge in [0.15, 0.2) is 0 Å². The average Bonchev–Trinajstić information content (AvgIpc) is 1.88. The van der Waals surface area contributed by atoms with Crippen molar-refractivity contribution in [1.82, 2.24) is 4.90 Å². The molecule has 0 aromatic rings. The van der Waals surface area contributed by atoms with Crippen molar-refractivity contribution in [3.8, 4) is 0 Å². The van der Waals surface area contributed by atoms with Gasteiger partial charge in [0.1, 0.15) is 0 Å². The molecule has 6 rings (SSSR count). The van der Waals surface area contributed by atoms with Crippen molar-refractivity contribution in [2.24, 2.45) is 29.4 Å². The molecule has 3 heterocycles. The Morgan fingerprint density at radius 1 is 1.11 bits per heavy atom. The second kappa shape index (κ2) is 0.523. The van der Waals surface area contributed by atoms with Crippen LogP contribution in [0, 0.1) is 23.7 Å². The fourth-order valence-corrected chi connectivity index (χ4v) is 4.78. The zero-order valence-electron chi connectivity index (χ0n) is 4.99. The summed E-state index contributed by atoms with van der Waals surface area (Å²) in [5.41, 5.74) is 6.41. The Kier molecular flexibility index (Phi) is 0.195. The SMILES string of the molecule is NC12[C@@H]3C4C5[C@H]3N1[C@H]5[C@@H]42. The molecule has 3 saturated carbocycles. The Balaban J connectivity index is 1.93. The maximum absolute atomic E-state index is 6.11. The Bertz CT molecular complexity index is 209. The van der Waals surface area contributed by atoms with Gasteiger partial charge in [0.25, 0.3) is 0 Å². The van der Waals surface area contributed by atoms with Crippen molar-refractivity contribution in [1.29, 1.82) is 0 Å². The van der Waals surface area contributed by atoms with Crippen LogP contribution in [0.3, 0.4) is 0 Å². The molecular weight excluding hydrogens is 112 g/mol. The van der Waals surface area contributed by atoms with Crippen molar-refractivity contribution in [2.45, 2.75) is 17.7 Å². The van der Waals surface area contributed by atoms with Gasteiger partial charge in [-0.1, -0.05) is 0 Å². The highest BCUT2D eigenvalue weighted by Gasteiger charge is 3.03. The lowest BCUT2D eigenvalue weighted by Gasteiger charge is -3.07. The molecule has 0 aromatic carbocycles. The predicted octanol–water partition coefficient (Wildman–Crippen LogP) is -0.787. The lowest BCUT2D eigenvalue weighted by molar-refractivity contribution is -0.592. The molecule has 0 radical (unpaired) electrons. The number of hydrogen-bond donors (Lipinski definition) is 1. The zero-order chi connectivity index (χ0) is 5.54. The monoisotopic (exact) mass is 120 g/mol. The fourth-order valence-electron chi connectivity index (χ4n) is 4.78. The van der Waals surface area contributed by atoms with E-state index in [2.05, 4.69) is 4.90 Å². The average molecular weight is 120 g/mol. The molecule has 3 aliphatic heterocycles. The lowest BCUT2D eigenvalue weighted by Crippen LogP contribution is -3.19. The molecule has 0 amide bonds. The Morgan fingerprint density at radius 2 is 1.78 bits per heavy atom. The van der Waals surface area contributed by atoms with Gasteiger partial charge >= 0.3 is 0 Å². The topological polar surface area (TPSA) is 29.3 Å². The summed E-state index contributed by atoms with van der Waals surface area (Å²) in [7, 11) is 0. The molecule has 0 aromatic heterocycles. The molecule has 4 atom stereocenters. The summed E-state index contributed by atoms with van der Waals surface area (Å²) in [6, 6.07) is 2.02. The number of piperidine rings is 12. The molecule has 3 saturated heterocycles. The van der Waals surface area contributed by atoms with E-state index in [-0.39, 0.29) is 0 Å². The highest BCUT2D eigenvalue weighted by atomic mass is 15.6. The first-order chi connectivity index (χ1) is 4.37. The zero-order valence-corrected chi connectivity index (χ0v) is 4.99. The van der Waals surface area contributed by atoms with Crippen molar-refractivity contribution in [3.05, 3.63) is 0 Å². The second-order valence-electron chi connectivity index (χ2n) is 4.48. The molecule has 2 heteroatoms. The summed E-state index contributed by atoms with van der Waals surface area (Å²) in [5.74, 6) is 4.26. The second-order valence-corrected chi connectivity index (χ2v) is 4.48. The molecule has 46 valence electrons. The van der Waals surface area contributed by atoms with Gasteiger partial charge in [0.2, 0.25) is 0 Å². The molecule has 6 fully saturated rings. The van der Waals surface area contributed by atoms with Gasteiger partial charge in [0.05, 0.1) is 5.66 Å². The molecule has 0 bridgehead atoms. The molecule has 9 heavy (non-hydrogen) atoms. The third-order valence-corrected chi connectivity index (χ3v) is 4.96. The van der Waals surface area contributed by atoms with E-state index in [4.69, 9.17) is 5.73 Å². The molecule has 0 unspecified atom stereocenters. The van der Waals surface area contributed by atoms with Crippen molar-refractivity contribution in [2.75, 3.05) is 0 Å². The standard InChI is InChI=1S/C7H8N2/c8-7-3-1-2-5(3)9(7)6(2)4(1)7/h1-6H,8H2/t1?,2?,3-,4-,5-,6-,7?/m1/s1. The van der Waals surface area contributed by atoms with Crippen molar-refractivity contribution < 1.29 is 0 Å². The van der Waals surface area contributed by atoms with Gasteiger partial charge in [-0.15, -0.1) is 0 Å². The maximum atomic E-state index is 6.11. The maximum Gasteiger partial charge on any atom is 0.0786 e. The molecule has 2 nitrogen and oxygen atoms in total. The van der Waals surface area contributed by atoms with Crippen LogP contribution in [0.4, 0.5) is 0 Å². The van der Waals surface area contributed by atoms with Crippen LogP contribution in [-0.2, 0) is 0 Å². The minimum Gasteiger partial charge on any atom is -0.313 e. The Labute approximate surface area is 53.0 Å². The largest absolute Gasteiger partial charge is 0.313 e. The molecule has 3 aliphatic carbocycles. The van der Waals surface area contributed by atoms with E-state index < -0.39 is 0 Å². The van der Waals surface area contributed by atoms with Crippen LogP contribution in [0.1, 0.15) is 0 Å². The van der Waals surface area contributed by atoms with Gasteiger partial charge in [0, 0.05) is 23.9 Å². The first-order valence-electron chi connectivity index (χ1n) is 3.94. The van der Waals surface area contributed by atoms with E-state index in [0.29, 0.717) is 5.66 Å². The van der Waals surface area contributed by atoms with Crippen molar-refractivity contribution >= 4 is 0 Å². The number of rotatable bonds is 0. The summed E-state index contributed by atoms with van der Waals surface area (Å²) >= 11 is 0. The van der Waals surface area contributed by atoms with E-state index in [9.17, 15) is 0 Å². The number of nitrogens with two attached hydrogens (primary N) is 1. The van der Waals surface area contributed by atoms with Crippen LogP contribution in [-0.4, -0.2) is 22.6 Å². The normalized spacial score (nSPS) is 99.7. The van der Waals surface area contributed by atoms with Crippen LogP contribution in [0.15, 0.2) is 0 Å². The lowest BCUT2D eigenvalue weighted by atomic mass is 9.14. The van der Waals surface area contributed by atoms with E-state index in [0.717, 1.165) is 35.8 Å². The van der Waals surface area contributed by atoms with Gasteiger partial charge in [-0.05, 0) is 11.8 Å². The summed E-state index contributed by atoms with van der Waals surface area (Å²) in [5, 5.41) is 0. The minimum atomic E-state index is 0.300. The quantitative estimate of drug-likeness (QED) is 0.454. The summed E-state index contributed by atoms with van der Waals surface area (Å²) in [6.45, 7) is 0. The highest BCUT2D eigenvalue weighted by molar-refractivity contribution is 5.54. The smallest absolute Gasteiger partial charge is 0.0786 e. The van der Waals surface area contributed by atoms with Crippen LogP contribution in [0.25, 0.3) is 0 Å². The van der Waals surface area contributed by atoms with Crippen molar-refractivity contribution in [3.63, 3.8) is 0 Å². The summed E-state index contributed by atoms with van der Waals surface area (Å²) in [6.07, 6.45) is 0. The van der Waals surface area contributed by atoms with Gasteiger partial charge in [-0.2, -0.15) is 0 Å². The summed E-state index contributed by atoms with van der Waals surface area (Å²) < 4.78 is 0. The van der Waals surface area contributed by atoms with E-state index in [1.807, 2.05) is 0 Å². The fraction of sp³-hybridized carbons (Fsp3) is 1.00. The van der Waals surface area contributed by atoms with Gasteiger partial charge in [-0.25, -0.2) is 0 Å². The molecule has 2 N–H and O–H groups in total. The third kappa shape index (κ3) is 0.0955. The Hall–Kier alpha value is -0.0800. The predicted molar refractivity (Wildman–Crippen MR) is 30.3 cm³/mol. The first-order valence-corrected chi connectivity index (χ1v) is 3.94.